The number of rotatable bonds is 5. The highest BCUT2D eigenvalue weighted by molar-refractivity contribution is 7.98. The van der Waals surface area contributed by atoms with E-state index >= 15 is 0 Å². The van der Waals surface area contributed by atoms with Gasteiger partial charge >= 0.3 is 6.18 Å². The average Bonchev–Trinajstić information content (AvgIpc) is 2.48. The van der Waals surface area contributed by atoms with E-state index in [2.05, 4.69) is 5.32 Å². The van der Waals surface area contributed by atoms with E-state index in [0.717, 1.165) is 23.4 Å². The molecule has 1 N–H and O–H groups in total. The number of nitrogens with one attached hydrogen (secondary N) is 1. The molecule has 0 amide bonds. The van der Waals surface area contributed by atoms with E-state index in [0.29, 0.717) is 12.3 Å². The lowest BCUT2D eigenvalue weighted by atomic mass is 10.2. The van der Waals surface area contributed by atoms with Crippen molar-refractivity contribution < 1.29 is 17.9 Å². The lowest BCUT2D eigenvalue weighted by Crippen LogP contribution is -2.08. The minimum Gasteiger partial charge on any atom is -0.457 e. The Morgan fingerprint density at radius 1 is 1.14 bits per heavy atom. The molecule has 0 radical (unpaired) electrons. The summed E-state index contributed by atoms with van der Waals surface area (Å²) in [6, 6.07) is 11.3. The molecule has 2 aromatic carbocycles. The molecule has 0 spiro atoms. The number of hydrogen-bond acceptors (Lipinski definition) is 3. The van der Waals surface area contributed by atoms with Crippen molar-refractivity contribution in [2.45, 2.75) is 17.6 Å². The molecule has 2 nitrogen and oxygen atoms in total. The highest BCUT2D eigenvalue weighted by Gasteiger charge is 2.33. The van der Waals surface area contributed by atoms with E-state index < -0.39 is 11.7 Å². The highest BCUT2D eigenvalue weighted by atomic mass is 32.2. The van der Waals surface area contributed by atoms with Crippen LogP contribution in [-0.4, -0.2) is 13.3 Å². The van der Waals surface area contributed by atoms with Crippen molar-refractivity contribution in [1.82, 2.24) is 5.32 Å². The molecular formula is C16H16F3NOS. The van der Waals surface area contributed by atoms with Crippen LogP contribution < -0.4 is 10.1 Å². The second-order valence-electron chi connectivity index (χ2n) is 4.60. The zero-order valence-electron chi connectivity index (χ0n) is 12.2. The summed E-state index contributed by atoms with van der Waals surface area (Å²) >= 11 is 1.06. The van der Waals surface area contributed by atoms with Crippen LogP contribution in [0, 0.1) is 0 Å². The molecular weight excluding hydrogens is 311 g/mol. The maximum absolute atomic E-state index is 13.1. The third-order valence-electron chi connectivity index (χ3n) is 3.04. The molecule has 0 aliphatic carbocycles. The van der Waals surface area contributed by atoms with Gasteiger partial charge in [0.05, 0.1) is 5.56 Å². The fourth-order valence-electron chi connectivity index (χ4n) is 2.04. The van der Waals surface area contributed by atoms with Crippen molar-refractivity contribution >= 4 is 11.8 Å². The zero-order chi connectivity index (χ0) is 16.2. The van der Waals surface area contributed by atoms with E-state index in [1.165, 1.54) is 6.07 Å². The van der Waals surface area contributed by atoms with Gasteiger partial charge < -0.3 is 10.1 Å². The number of hydrogen-bond donors (Lipinski definition) is 1. The van der Waals surface area contributed by atoms with Crippen LogP contribution in [0.4, 0.5) is 13.2 Å². The predicted octanol–water partition coefficient (Wildman–Crippen LogP) is 4.94. The molecule has 0 bridgehead atoms. The summed E-state index contributed by atoms with van der Waals surface area (Å²) in [7, 11) is 1.80. The summed E-state index contributed by atoms with van der Waals surface area (Å²) in [6.07, 6.45) is -2.78. The maximum Gasteiger partial charge on any atom is 0.417 e. The summed E-state index contributed by atoms with van der Waals surface area (Å²) in [5.41, 5.74) is 0.205. The van der Waals surface area contributed by atoms with Gasteiger partial charge in [-0.25, -0.2) is 0 Å². The largest absolute Gasteiger partial charge is 0.457 e. The van der Waals surface area contributed by atoms with Crippen LogP contribution in [0.5, 0.6) is 11.5 Å². The summed E-state index contributed by atoms with van der Waals surface area (Å²) in [6.45, 7) is 0.575. The van der Waals surface area contributed by atoms with Gasteiger partial charge in [-0.1, -0.05) is 18.2 Å². The van der Waals surface area contributed by atoms with Crippen LogP contribution in [-0.2, 0) is 12.7 Å². The van der Waals surface area contributed by atoms with Gasteiger partial charge in [0.1, 0.15) is 11.5 Å². The smallest absolute Gasteiger partial charge is 0.417 e. The molecule has 118 valence electrons. The SMILES string of the molecule is CNCc1ccccc1Oc1ccc(SC)c(C(F)(F)F)c1. The lowest BCUT2D eigenvalue weighted by molar-refractivity contribution is -0.139. The number of ether oxygens (including phenoxy) is 1. The molecule has 0 saturated heterocycles. The normalized spacial score (nSPS) is 11.5. The Balaban J connectivity index is 2.35. The number of para-hydroxylation sites is 1. The molecule has 6 heteroatoms. The zero-order valence-corrected chi connectivity index (χ0v) is 13.0. The Morgan fingerprint density at radius 3 is 2.50 bits per heavy atom. The Bertz CT molecular complexity index is 644. The van der Waals surface area contributed by atoms with E-state index in [9.17, 15) is 13.2 Å². The van der Waals surface area contributed by atoms with Crippen molar-refractivity contribution in [2.75, 3.05) is 13.3 Å². The predicted molar refractivity (Wildman–Crippen MR) is 82.5 cm³/mol. The molecule has 0 aliphatic heterocycles. The molecule has 0 fully saturated rings. The Hall–Kier alpha value is -1.66. The third-order valence-corrected chi connectivity index (χ3v) is 3.84. The van der Waals surface area contributed by atoms with Crippen LogP contribution in [0.15, 0.2) is 47.4 Å². The van der Waals surface area contributed by atoms with Crippen molar-refractivity contribution in [3.63, 3.8) is 0 Å². The van der Waals surface area contributed by atoms with Crippen molar-refractivity contribution in [2.24, 2.45) is 0 Å². The van der Waals surface area contributed by atoms with E-state index in [1.807, 2.05) is 12.1 Å². The summed E-state index contributed by atoms with van der Waals surface area (Å²) < 4.78 is 44.9. The first-order valence-electron chi connectivity index (χ1n) is 6.61. The van der Waals surface area contributed by atoms with Crippen LogP contribution in [0.1, 0.15) is 11.1 Å². The first-order chi connectivity index (χ1) is 10.5. The number of halogens is 3. The van der Waals surface area contributed by atoms with Gasteiger partial charge in [-0.2, -0.15) is 13.2 Å². The van der Waals surface area contributed by atoms with Crippen LogP contribution in [0.2, 0.25) is 0 Å². The van der Waals surface area contributed by atoms with Gasteiger partial charge in [0.25, 0.3) is 0 Å². The van der Waals surface area contributed by atoms with Crippen LogP contribution in [0.3, 0.4) is 0 Å². The summed E-state index contributed by atoms with van der Waals surface area (Å²) in [5.74, 6) is 0.718. The first kappa shape index (κ1) is 16.7. The van der Waals surface area contributed by atoms with Gasteiger partial charge in [-0.15, -0.1) is 11.8 Å². The monoisotopic (exact) mass is 327 g/mol. The minimum atomic E-state index is -4.40. The van der Waals surface area contributed by atoms with Crippen LogP contribution in [0.25, 0.3) is 0 Å². The fourth-order valence-corrected chi connectivity index (χ4v) is 2.64. The Morgan fingerprint density at radius 2 is 1.86 bits per heavy atom. The lowest BCUT2D eigenvalue weighted by Gasteiger charge is -2.15. The fraction of sp³-hybridized carbons (Fsp3) is 0.250. The molecule has 0 unspecified atom stereocenters. The maximum atomic E-state index is 13.1. The van der Waals surface area contributed by atoms with Crippen LogP contribution >= 0.6 is 11.8 Å². The molecule has 0 saturated carbocycles. The van der Waals surface area contributed by atoms with Crippen molar-refractivity contribution in [3.05, 3.63) is 53.6 Å². The second-order valence-corrected chi connectivity index (χ2v) is 5.45. The van der Waals surface area contributed by atoms with E-state index in [4.69, 9.17) is 4.74 Å². The number of benzene rings is 2. The third kappa shape index (κ3) is 3.96. The molecule has 0 aromatic heterocycles. The standard InChI is InChI=1S/C16H16F3NOS/c1-20-10-11-5-3-4-6-14(11)21-12-7-8-15(22-2)13(9-12)16(17,18)19/h3-9,20H,10H2,1-2H3. The second kappa shape index (κ2) is 7.07. The molecule has 0 heterocycles. The molecule has 22 heavy (non-hydrogen) atoms. The van der Waals surface area contributed by atoms with Crippen molar-refractivity contribution in [1.29, 1.82) is 0 Å². The Kier molecular flexibility index (Phi) is 5.37. The molecule has 2 rings (SSSR count). The summed E-state index contributed by atoms with van der Waals surface area (Å²) in [4.78, 5) is 0.184. The highest BCUT2D eigenvalue weighted by Crippen LogP contribution is 2.39. The molecule has 2 aromatic rings. The number of thioether (sulfide) groups is 1. The van der Waals surface area contributed by atoms with Crippen molar-refractivity contribution in [3.8, 4) is 11.5 Å². The first-order valence-corrected chi connectivity index (χ1v) is 7.83. The average molecular weight is 327 g/mol. The quantitative estimate of drug-likeness (QED) is 0.786. The van der Waals surface area contributed by atoms with Gasteiger partial charge in [0.2, 0.25) is 0 Å². The Labute approximate surface area is 131 Å². The van der Waals surface area contributed by atoms with Gasteiger partial charge in [-0.3, -0.25) is 0 Å². The van der Waals surface area contributed by atoms with Gasteiger partial charge in [0, 0.05) is 17.0 Å². The minimum absolute atomic E-state index is 0.175. The number of alkyl halides is 3. The van der Waals surface area contributed by atoms with Gasteiger partial charge in [-0.05, 0) is 37.6 Å². The topological polar surface area (TPSA) is 21.3 Å². The molecule has 0 aliphatic rings. The summed E-state index contributed by atoms with van der Waals surface area (Å²) in [5, 5.41) is 3.00. The van der Waals surface area contributed by atoms with E-state index in [-0.39, 0.29) is 10.6 Å². The molecule has 0 atom stereocenters. The van der Waals surface area contributed by atoms with E-state index in [1.54, 1.807) is 31.5 Å². The van der Waals surface area contributed by atoms with Gasteiger partial charge in [0.15, 0.2) is 0 Å².